The molecule has 10 heteroatoms. The van der Waals surface area contributed by atoms with Crippen LogP contribution in [0, 0.1) is 5.82 Å². The first-order chi connectivity index (χ1) is 15.6. The summed E-state index contributed by atoms with van der Waals surface area (Å²) in [6, 6.07) is 13.4. The summed E-state index contributed by atoms with van der Waals surface area (Å²) in [6.07, 6.45) is 3.64. The van der Waals surface area contributed by atoms with Gasteiger partial charge in [-0.1, -0.05) is 42.5 Å². The van der Waals surface area contributed by atoms with Crippen molar-refractivity contribution in [2.24, 2.45) is 17.8 Å². The molecule has 0 fully saturated rings. The van der Waals surface area contributed by atoms with Crippen molar-refractivity contribution in [2.75, 3.05) is 12.8 Å². The number of nitrogens with two attached hydrogens (primary N) is 1. The molecule has 0 aliphatic carbocycles. The molecule has 2 aromatic heterocycles. The summed E-state index contributed by atoms with van der Waals surface area (Å²) in [7, 11) is -0.418. The van der Waals surface area contributed by atoms with Crippen molar-refractivity contribution >= 4 is 37.4 Å². The largest absolute Gasteiger partial charge is 0.369 e. The van der Waals surface area contributed by atoms with Gasteiger partial charge in [-0.05, 0) is 18.1 Å². The summed E-state index contributed by atoms with van der Waals surface area (Å²) in [5, 5.41) is 0.437. The van der Waals surface area contributed by atoms with E-state index >= 15 is 4.39 Å². The predicted octanol–water partition coefficient (Wildman–Crippen LogP) is 3.91. The molecule has 4 aromatic rings. The number of aryl methyl sites for hydroxylation is 1. The van der Waals surface area contributed by atoms with Crippen LogP contribution in [-0.4, -0.2) is 41.0 Å². The first-order valence-corrected chi connectivity index (χ1v) is 12.6. The van der Waals surface area contributed by atoms with E-state index in [1.165, 1.54) is 18.4 Å². The van der Waals surface area contributed by atoms with E-state index in [2.05, 4.69) is 9.98 Å². The van der Waals surface area contributed by atoms with Gasteiger partial charge in [-0.15, -0.1) is 11.3 Å². The molecule has 5 rings (SSSR count). The molecule has 1 unspecified atom stereocenters. The molecule has 0 bridgehead atoms. The second-order valence-electron chi connectivity index (χ2n) is 8.33. The fourth-order valence-electron chi connectivity index (χ4n) is 4.17. The van der Waals surface area contributed by atoms with Gasteiger partial charge in [0.2, 0.25) is 16.0 Å². The predicted molar refractivity (Wildman–Crippen MR) is 130 cm³/mol. The quantitative estimate of drug-likeness (QED) is 0.478. The Labute approximate surface area is 195 Å². The Morgan fingerprint density at radius 3 is 2.45 bits per heavy atom. The van der Waals surface area contributed by atoms with Gasteiger partial charge in [-0.3, -0.25) is 0 Å². The molecular weight excluding hydrogens is 461 g/mol. The van der Waals surface area contributed by atoms with E-state index in [9.17, 15) is 8.42 Å². The van der Waals surface area contributed by atoms with Crippen LogP contribution < -0.4 is 5.73 Å². The Hall–Kier alpha value is -3.24. The Kier molecular flexibility index (Phi) is 4.84. The molecule has 1 aliphatic rings. The van der Waals surface area contributed by atoms with Crippen molar-refractivity contribution in [1.29, 1.82) is 0 Å². The number of sulfonamides is 1. The lowest BCUT2D eigenvalue weighted by Crippen LogP contribution is -2.50. The van der Waals surface area contributed by atoms with Crippen LogP contribution >= 0.6 is 11.3 Å². The molecule has 0 radical (unpaired) electrons. The van der Waals surface area contributed by atoms with Crippen LogP contribution in [0.2, 0.25) is 0 Å². The van der Waals surface area contributed by atoms with Crippen molar-refractivity contribution in [3.05, 3.63) is 65.6 Å². The zero-order valence-corrected chi connectivity index (χ0v) is 19.9. The van der Waals surface area contributed by atoms with Gasteiger partial charge in [-0.25, -0.2) is 27.1 Å². The first kappa shape index (κ1) is 21.6. The van der Waals surface area contributed by atoms with Gasteiger partial charge in [0, 0.05) is 42.1 Å². The number of hydrogen-bond donors (Lipinski definition) is 1. The first-order valence-electron chi connectivity index (χ1n) is 10.2. The lowest BCUT2D eigenvalue weighted by molar-refractivity contribution is 0.467. The van der Waals surface area contributed by atoms with Crippen molar-refractivity contribution < 1.29 is 12.8 Å². The Morgan fingerprint density at radius 2 is 1.82 bits per heavy atom. The van der Waals surface area contributed by atoms with Crippen molar-refractivity contribution in [3.8, 4) is 22.5 Å². The van der Waals surface area contributed by atoms with Crippen LogP contribution in [0.1, 0.15) is 11.8 Å². The third-order valence-electron chi connectivity index (χ3n) is 5.98. The van der Waals surface area contributed by atoms with Crippen LogP contribution in [-0.2, 0) is 22.6 Å². The van der Waals surface area contributed by atoms with E-state index in [1.807, 2.05) is 48.1 Å². The van der Waals surface area contributed by atoms with Crippen molar-refractivity contribution in [2.45, 2.75) is 12.5 Å². The van der Waals surface area contributed by atoms with Gasteiger partial charge >= 0.3 is 0 Å². The number of fused-ring (bicyclic) bond motifs is 1. The van der Waals surface area contributed by atoms with Crippen LogP contribution in [0.4, 0.5) is 4.39 Å². The molecule has 2 N–H and O–H groups in total. The monoisotopic (exact) mass is 483 g/mol. The summed E-state index contributed by atoms with van der Waals surface area (Å²) in [6.45, 7) is 1.61. The third-order valence-corrected chi connectivity index (χ3v) is 9.40. The number of halogens is 1. The van der Waals surface area contributed by atoms with Gasteiger partial charge in [0.15, 0.2) is 0 Å². The van der Waals surface area contributed by atoms with Crippen LogP contribution in [0.3, 0.4) is 0 Å². The number of benzene rings is 2. The second-order valence-corrected chi connectivity index (χ2v) is 11.4. The minimum atomic E-state index is -3.70. The highest BCUT2D eigenvalue weighted by Gasteiger charge is 2.43. The van der Waals surface area contributed by atoms with Gasteiger partial charge in [0.1, 0.15) is 17.2 Å². The minimum absolute atomic E-state index is 0.147. The van der Waals surface area contributed by atoms with Crippen LogP contribution in [0.15, 0.2) is 59.9 Å². The number of guanidine groups is 1. The Morgan fingerprint density at radius 1 is 1.12 bits per heavy atom. The molecule has 3 heterocycles. The highest BCUT2D eigenvalue weighted by Crippen LogP contribution is 2.44. The van der Waals surface area contributed by atoms with E-state index in [0.29, 0.717) is 5.39 Å². The maximum Gasteiger partial charge on any atom is 0.239 e. The third kappa shape index (κ3) is 3.41. The molecule has 1 atom stereocenters. The van der Waals surface area contributed by atoms with E-state index in [0.717, 1.165) is 31.5 Å². The van der Waals surface area contributed by atoms with E-state index in [-0.39, 0.29) is 16.6 Å². The maximum absolute atomic E-state index is 15.6. The number of imidazole rings is 1. The van der Waals surface area contributed by atoms with Gasteiger partial charge in [0.05, 0.1) is 10.6 Å². The number of nitrogens with zero attached hydrogens (tertiary/aromatic N) is 4. The summed E-state index contributed by atoms with van der Waals surface area (Å²) in [5.74, 6) is -0.101. The van der Waals surface area contributed by atoms with Crippen LogP contribution in [0.5, 0.6) is 0 Å². The van der Waals surface area contributed by atoms with E-state index < -0.39 is 21.4 Å². The average Bonchev–Trinajstić information content (AvgIpc) is 3.35. The maximum atomic E-state index is 15.6. The second kappa shape index (κ2) is 7.39. The molecule has 0 amide bonds. The molecule has 7 nitrogen and oxygen atoms in total. The summed E-state index contributed by atoms with van der Waals surface area (Å²) in [5.41, 5.74) is 7.34. The Balaban J connectivity index is 1.63. The van der Waals surface area contributed by atoms with Gasteiger partial charge in [0.25, 0.3) is 0 Å². The van der Waals surface area contributed by atoms with E-state index in [4.69, 9.17) is 5.73 Å². The molecule has 0 saturated heterocycles. The standard InChI is InChI=1S/C23H22FN5O2S2/c1-23(13-33(30,31)29(3)22(25)27-23)20-18(24)17-6-4-5-16(19(17)32-20)14-7-9-15(10-8-14)21-26-11-12-28(21)2/h4-12H,13H2,1-3H3,(H2,25,27). The zero-order valence-electron chi connectivity index (χ0n) is 18.3. The molecule has 0 spiro atoms. The molecular formula is C23H22FN5O2S2. The smallest absolute Gasteiger partial charge is 0.239 e. The van der Waals surface area contributed by atoms with Crippen molar-refractivity contribution in [3.63, 3.8) is 0 Å². The number of aliphatic imine (C=N–C) groups is 1. The lowest BCUT2D eigenvalue weighted by Gasteiger charge is -2.33. The highest BCUT2D eigenvalue weighted by molar-refractivity contribution is 7.89. The fourth-order valence-corrected chi connectivity index (χ4v) is 7.01. The number of hydrogen-bond acceptors (Lipinski definition) is 6. The SMILES string of the molecule is CN1C(N)=NC(C)(c2sc3c(-c4ccc(-c5nccn5C)cc4)cccc3c2F)CS1(=O)=O. The summed E-state index contributed by atoms with van der Waals surface area (Å²) >= 11 is 1.22. The molecule has 170 valence electrons. The zero-order chi connectivity index (χ0) is 23.5. The van der Waals surface area contributed by atoms with Gasteiger partial charge < -0.3 is 10.3 Å². The fraction of sp³-hybridized carbons (Fsp3) is 0.217. The molecule has 33 heavy (non-hydrogen) atoms. The minimum Gasteiger partial charge on any atom is -0.369 e. The number of thiophene rings is 1. The van der Waals surface area contributed by atoms with Crippen LogP contribution in [0.25, 0.3) is 32.6 Å². The highest BCUT2D eigenvalue weighted by atomic mass is 32.2. The lowest BCUT2D eigenvalue weighted by atomic mass is 10.00. The van der Waals surface area contributed by atoms with E-state index in [1.54, 1.807) is 25.3 Å². The molecule has 0 saturated carbocycles. The van der Waals surface area contributed by atoms with Crippen molar-refractivity contribution in [1.82, 2.24) is 13.9 Å². The summed E-state index contributed by atoms with van der Waals surface area (Å²) < 4.78 is 44.4. The molecule has 2 aromatic carbocycles. The Bertz CT molecular complexity index is 1520. The summed E-state index contributed by atoms with van der Waals surface area (Å²) in [4.78, 5) is 9.00. The molecule has 1 aliphatic heterocycles. The average molecular weight is 484 g/mol. The van der Waals surface area contributed by atoms with Gasteiger partial charge in [-0.2, -0.15) is 0 Å². The number of aromatic nitrogens is 2. The number of rotatable bonds is 3. The topological polar surface area (TPSA) is 93.6 Å². The normalized spacial score (nSPS) is 20.2.